The van der Waals surface area contributed by atoms with Crippen molar-refractivity contribution in [3.8, 4) is 0 Å². The molecule has 9 heteroatoms. The van der Waals surface area contributed by atoms with Crippen molar-refractivity contribution in [1.82, 2.24) is 0 Å². The molecule has 3 aromatic rings. The first-order valence-electron chi connectivity index (χ1n) is 9.58. The number of benzene rings is 3. The monoisotopic (exact) mass is 475 g/mol. The normalized spacial score (nSPS) is 18.1. The van der Waals surface area contributed by atoms with E-state index in [-0.39, 0.29) is 16.8 Å². The molecule has 4 nitrogen and oxygen atoms in total. The summed E-state index contributed by atoms with van der Waals surface area (Å²) in [5.41, 5.74) is -1.36. The van der Waals surface area contributed by atoms with Crippen LogP contribution in [-0.2, 0) is 15.8 Å². The van der Waals surface area contributed by atoms with Crippen LogP contribution in [-0.4, -0.2) is 16.8 Å². The number of halogens is 5. The molecule has 1 amide bonds. The summed E-state index contributed by atoms with van der Waals surface area (Å²) in [6, 6.07) is 13.2. The second-order valence-electron chi connectivity index (χ2n) is 7.24. The van der Waals surface area contributed by atoms with Gasteiger partial charge in [0.1, 0.15) is 11.6 Å². The molecule has 4 rings (SSSR count). The lowest BCUT2D eigenvalue weighted by Gasteiger charge is -2.26. The first-order valence-corrected chi connectivity index (χ1v) is 9.96. The van der Waals surface area contributed by atoms with Crippen LogP contribution in [0.4, 0.5) is 23.2 Å². The summed E-state index contributed by atoms with van der Waals surface area (Å²) >= 11 is 5.86. The second kappa shape index (κ2) is 8.37. The summed E-state index contributed by atoms with van der Waals surface area (Å²) in [6.45, 7) is 0. The highest BCUT2D eigenvalue weighted by molar-refractivity contribution is 6.51. The van der Waals surface area contributed by atoms with E-state index < -0.39 is 46.6 Å². The number of ketones is 1. The molecule has 0 radical (unpaired) electrons. The van der Waals surface area contributed by atoms with Crippen LogP contribution in [0.2, 0.25) is 5.02 Å². The molecule has 0 aliphatic carbocycles. The summed E-state index contributed by atoms with van der Waals surface area (Å²) < 4.78 is 53.7. The average Bonchev–Trinajstić information content (AvgIpc) is 3.04. The number of hydrogen-bond acceptors (Lipinski definition) is 3. The van der Waals surface area contributed by atoms with Crippen LogP contribution in [0, 0.1) is 5.82 Å². The SMILES string of the molecule is O=C1C(=O)N(c2ccc(C(F)(F)F)cc2)C(c2ccccc2F)/C1=C(\O)c1ccc(Cl)cc1. The third-order valence-electron chi connectivity index (χ3n) is 5.23. The van der Waals surface area contributed by atoms with Crippen LogP contribution in [0.25, 0.3) is 5.76 Å². The minimum absolute atomic E-state index is 0.0616. The van der Waals surface area contributed by atoms with E-state index >= 15 is 0 Å². The van der Waals surface area contributed by atoms with E-state index in [1.807, 2.05) is 0 Å². The molecule has 1 unspecified atom stereocenters. The van der Waals surface area contributed by atoms with E-state index in [0.29, 0.717) is 5.02 Å². The molecule has 0 aromatic heterocycles. The van der Waals surface area contributed by atoms with Crippen LogP contribution < -0.4 is 4.90 Å². The van der Waals surface area contributed by atoms with Crippen LogP contribution in [0.15, 0.2) is 78.4 Å². The number of Topliss-reactive ketones (excluding diaryl/α,β-unsaturated/α-hetero) is 1. The Morgan fingerprint density at radius 2 is 1.52 bits per heavy atom. The lowest BCUT2D eigenvalue weighted by atomic mass is 9.94. The fourth-order valence-corrected chi connectivity index (χ4v) is 3.79. The zero-order valence-electron chi connectivity index (χ0n) is 16.6. The summed E-state index contributed by atoms with van der Waals surface area (Å²) in [5.74, 6) is -3.54. The summed E-state index contributed by atoms with van der Waals surface area (Å²) in [6.07, 6.45) is -4.60. The van der Waals surface area contributed by atoms with E-state index in [1.165, 1.54) is 42.5 Å². The third kappa shape index (κ3) is 4.09. The number of nitrogens with zero attached hydrogens (tertiary/aromatic N) is 1. The van der Waals surface area contributed by atoms with Gasteiger partial charge in [-0.15, -0.1) is 0 Å². The summed E-state index contributed by atoms with van der Waals surface area (Å²) in [4.78, 5) is 26.8. The molecule has 0 spiro atoms. The highest BCUT2D eigenvalue weighted by Gasteiger charge is 2.48. The second-order valence-corrected chi connectivity index (χ2v) is 7.68. The van der Waals surface area contributed by atoms with E-state index in [9.17, 15) is 32.3 Å². The molecule has 1 N–H and O–H groups in total. The topological polar surface area (TPSA) is 57.6 Å². The predicted molar refractivity (Wildman–Crippen MR) is 114 cm³/mol. The Morgan fingerprint density at radius 1 is 0.909 bits per heavy atom. The molecule has 1 heterocycles. The number of anilines is 1. The van der Waals surface area contributed by atoms with Crippen molar-refractivity contribution in [2.24, 2.45) is 0 Å². The number of aliphatic hydroxyl groups excluding tert-OH is 1. The average molecular weight is 476 g/mol. The zero-order chi connectivity index (χ0) is 23.9. The Kier molecular flexibility index (Phi) is 5.71. The zero-order valence-corrected chi connectivity index (χ0v) is 17.4. The van der Waals surface area contributed by atoms with Gasteiger partial charge in [-0.2, -0.15) is 13.2 Å². The van der Waals surface area contributed by atoms with Crippen LogP contribution in [0.5, 0.6) is 0 Å². The highest BCUT2D eigenvalue weighted by Crippen LogP contribution is 2.43. The van der Waals surface area contributed by atoms with E-state index in [2.05, 4.69) is 0 Å². The van der Waals surface area contributed by atoms with Crippen LogP contribution in [0.3, 0.4) is 0 Å². The van der Waals surface area contributed by atoms with Gasteiger partial charge in [-0.05, 0) is 54.6 Å². The van der Waals surface area contributed by atoms with Gasteiger partial charge in [0.25, 0.3) is 11.7 Å². The van der Waals surface area contributed by atoms with Crippen molar-refractivity contribution in [3.63, 3.8) is 0 Å². The fourth-order valence-electron chi connectivity index (χ4n) is 3.66. The Morgan fingerprint density at radius 3 is 2.09 bits per heavy atom. The molecule has 33 heavy (non-hydrogen) atoms. The maximum Gasteiger partial charge on any atom is 0.416 e. The van der Waals surface area contributed by atoms with Crippen LogP contribution in [0.1, 0.15) is 22.7 Å². The molecule has 1 atom stereocenters. The van der Waals surface area contributed by atoms with Crippen molar-refractivity contribution in [2.45, 2.75) is 12.2 Å². The minimum atomic E-state index is -4.60. The maximum absolute atomic E-state index is 14.8. The lowest BCUT2D eigenvalue weighted by molar-refractivity contribution is -0.137. The van der Waals surface area contributed by atoms with Gasteiger partial charge in [-0.3, -0.25) is 14.5 Å². The predicted octanol–water partition coefficient (Wildman–Crippen LogP) is 6.12. The van der Waals surface area contributed by atoms with Gasteiger partial charge >= 0.3 is 6.18 Å². The van der Waals surface area contributed by atoms with Gasteiger partial charge < -0.3 is 5.11 Å². The number of carbonyl (C=O) groups excluding carboxylic acids is 2. The van der Waals surface area contributed by atoms with Gasteiger partial charge in [0.15, 0.2) is 0 Å². The lowest BCUT2D eigenvalue weighted by Crippen LogP contribution is -2.30. The molecule has 1 aliphatic heterocycles. The Balaban J connectivity index is 1.92. The van der Waals surface area contributed by atoms with Gasteiger partial charge in [-0.25, -0.2) is 4.39 Å². The number of rotatable bonds is 3. The standard InChI is InChI=1S/C24H14ClF4NO3/c25-15-9-5-13(6-10-15)21(31)19-20(17-3-1-2-4-18(17)26)30(23(33)22(19)32)16-11-7-14(8-12-16)24(27,28)29/h1-12,20,31H/b21-19+. The molecule has 1 saturated heterocycles. The van der Waals surface area contributed by atoms with E-state index in [0.717, 1.165) is 35.2 Å². The molecule has 3 aromatic carbocycles. The summed E-state index contributed by atoms with van der Waals surface area (Å²) in [5, 5.41) is 11.3. The maximum atomic E-state index is 14.8. The van der Waals surface area contributed by atoms with Crippen molar-refractivity contribution in [1.29, 1.82) is 0 Å². The smallest absolute Gasteiger partial charge is 0.416 e. The minimum Gasteiger partial charge on any atom is -0.507 e. The largest absolute Gasteiger partial charge is 0.507 e. The Hall–Kier alpha value is -3.65. The third-order valence-corrected chi connectivity index (χ3v) is 5.49. The van der Waals surface area contributed by atoms with Crippen molar-refractivity contribution >= 4 is 34.7 Å². The van der Waals surface area contributed by atoms with Crippen LogP contribution >= 0.6 is 11.6 Å². The van der Waals surface area contributed by atoms with Gasteiger partial charge in [0.05, 0.1) is 17.2 Å². The number of amides is 1. The van der Waals surface area contributed by atoms with Crippen molar-refractivity contribution < 1.29 is 32.3 Å². The quantitative estimate of drug-likeness (QED) is 0.215. The number of alkyl halides is 3. The molecule has 0 bridgehead atoms. The number of carbonyl (C=O) groups is 2. The molecular weight excluding hydrogens is 462 g/mol. The molecule has 168 valence electrons. The van der Waals surface area contributed by atoms with Gasteiger partial charge in [0.2, 0.25) is 0 Å². The van der Waals surface area contributed by atoms with E-state index in [4.69, 9.17) is 11.6 Å². The first-order chi connectivity index (χ1) is 15.6. The van der Waals surface area contributed by atoms with Crippen molar-refractivity contribution in [2.75, 3.05) is 4.90 Å². The molecule has 0 saturated carbocycles. The van der Waals surface area contributed by atoms with E-state index in [1.54, 1.807) is 0 Å². The first kappa shape index (κ1) is 22.5. The van der Waals surface area contributed by atoms with Crippen molar-refractivity contribution in [3.05, 3.63) is 106 Å². The Labute approximate surface area is 190 Å². The molecule has 1 aliphatic rings. The van der Waals surface area contributed by atoms with Gasteiger partial charge in [0, 0.05) is 21.8 Å². The molecule has 1 fully saturated rings. The Bertz CT molecular complexity index is 1270. The fraction of sp³-hybridized carbons (Fsp3) is 0.0833. The number of aliphatic hydroxyl groups is 1. The molecular formula is C24H14ClF4NO3. The van der Waals surface area contributed by atoms with Gasteiger partial charge in [-0.1, -0.05) is 29.8 Å². The summed E-state index contributed by atoms with van der Waals surface area (Å²) in [7, 11) is 0. The number of hydrogen-bond donors (Lipinski definition) is 1. The highest BCUT2D eigenvalue weighted by atomic mass is 35.5.